The summed E-state index contributed by atoms with van der Waals surface area (Å²) in [5.41, 5.74) is 1.05. The lowest BCUT2D eigenvalue weighted by Gasteiger charge is -2.21. The highest BCUT2D eigenvalue weighted by atomic mass is 32.2. The van der Waals surface area contributed by atoms with Gasteiger partial charge in [0.25, 0.3) is 0 Å². The smallest absolute Gasteiger partial charge is 0.210 e. The maximum atomic E-state index is 6.08. The maximum Gasteiger partial charge on any atom is 0.210 e. The summed E-state index contributed by atoms with van der Waals surface area (Å²) in [7, 11) is 0. The number of nitrogens with zero attached hydrogens (tertiary/aromatic N) is 4. The first-order valence-corrected chi connectivity index (χ1v) is 8.46. The van der Waals surface area contributed by atoms with Crippen LogP contribution in [0.4, 0.5) is 0 Å². The third kappa shape index (κ3) is 2.97. The molecule has 0 radical (unpaired) electrons. The Kier molecular flexibility index (Phi) is 4.23. The first-order chi connectivity index (χ1) is 9.74. The van der Waals surface area contributed by atoms with Crippen LogP contribution in [0.1, 0.15) is 41.9 Å². The fourth-order valence-electron chi connectivity index (χ4n) is 2.16. The Bertz CT molecular complexity index is 576. The molecule has 108 valence electrons. The van der Waals surface area contributed by atoms with Crippen LogP contribution < -0.4 is 5.84 Å². The predicted molar refractivity (Wildman–Crippen MR) is 79.1 cm³/mol. The van der Waals surface area contributed by atoms with Crippen LogP contribution in [0.2, 0.25) is 0 Å². The standard InChI is InChI=1S/C12H17N5OS2/c1-8-14-9(6-19-8)7-20-12-16-15-11(17(12)13)10-4-2-3-5-18-10/h6,10H,2-5,7,13H2,1H3/t10-/m1/s1. The van der Waals surface area contributed by atoms with Crippen molar-refractivity contribution in [3.05, 3.63) is 21.9 Å². The predicted octanol–water partition coefficient (Wildman–Crippen LogP) is 2.29. The molecule has 1 saturated heterocycles. The topological polar surface area (TPSA) is 78.9 Å². The fraction of sp³-hybridized carbons (Fsp3) is 0.583. The van der Waals surface area contributed by atoms with Crippen molar-refractivity contribution in [2.24, 2.45) is 0 Å². The highest BCUT2D eigenvalue weighted by Gasteiger charge is 2.23. The van der Waals surface area contributed by atoms with Crippen LogP contribution in [-0.4, -0.2) is 26.5 Å². The summed E-state index contributed by atoms with van der Waals surface area (Å²) in [5.74, 6) is 7.56. The van der Waals surface area contributed by atoms with Gasteiger partial charge < -0.3 is 10.6 Å². The summed E-state index contributed by atoms with van der Waals surface area (Å²) in [4.78, 5) is 4.43. The highest BCUT2D eigenvalue weighted by Crippen LogP contribution is 2.28. The number of aryl methyl sites for hydroxylation is 1. The van der Waals surface area contributed by atoms with Gasteiger partial charge in [0.15, 0.2) is 5.82 Å². The van der Waals surface area contributed by atoms with Crippen LogP contribution in [0.5, 0.6) is 0 Å². The number of hydrogen-bond donors (Lipinski definition) is 1. The second-order valence-electron chi connectivity index (χ2n) is 4.71. The largest absolute Gasteiger partial charge is 0.370 e. The number of thioether (sulfide) groups is 1. The van der Waals surface area contributed by atoms with E-state index in [-0.39, 0.29) is 6.10 Å². The maximum absolute atomic E-state index is 6.08. The molecule has 2 aromatic rings. The lowest BCUT2D eigenvalue weighted by atomic mass is 10.1. The molecule has 0 amide bonds. The molecule has 3 heterocycles. The SMILES string of the molecule is Cc1nc(CSc2nnc([C@H]3CCCCO3)n2N)cs1. The van der Waals surface area contributed by atoms with Crippen molar-refractivity contribution >= 4 is 23.1 Å². The van der Waals surface area contributed by atoms with E-state index in [1.165, 1.54) is 0 Å². The molecule has 0 bridgehead atoms. The van der Waals surface area contributed by atoms with E-state index in [0.29, 0.717) is 5.16 Å². The van der Waals surface area contributed by atoms with Crippen LogP contribution in [0.3, 0.4) is 0 Å². The highest BCUT2D eigenvalue weighted by molar-refractivity contribution is 7.98. The Morgan fingerprint density at radius 3 is 3.10 bits per heavy atom. The number of nitrogens with two attached hydrogens (primary N) is 1. The van der Waals surface area contributed by atoms with Crippen molar-refractivity contribution in [3.63, 3.8) is 0 Å². The summed E-state index contributed by atoms with van der Waals surface area (Å²) < 4.78 is 7.26. The van der Waals surface area contributed by atoms with E-state index < -0.39 is 0 Å². The summed E-state index contributed by atoms with van der Waals surface area (Å²) in [6.07, 6.45) is 3.21. The van der Waals surface area contributed by atoms with Crippen molar-refractivity contribution in [2.75, 3.05) is 12.4 Å². The summed E-state index contributed by atoms with van der Waals surface area (Å²) in [6, 6.07) is 0. The minimum Gasteiger partial charge on any atom is -0.370 e. The van der Waals surface area contributed by atoms with Gasteiger partial charge in [-0.05, 0) is 26.2 Å². The lowest BCUT2D eigenvalue weighted by molar-refractivity contribution is 0.00780. The summed E-state index contributed by atoms with van der Waals surface area (Å²) in [6.45, 7) is 2.78. The second kappa shape index (κ2) is 6.11. The van der Waals surface area contributed by atoms with Crippen LogP contribution in [0.15, 0.2) is 10.5 Å². The zero-order valence-corrected chi connectivity index (χ0v) is 12.9. The van der Waals surface area contributed by atoms with Gasteiger partial charge in [-0.1, -0.05) is 11.8 Å². The zero-order chi connectivity index (χ0) is 13.9. The Labute approximate surface area is 125 Å². The van der Waals surface area contributed by atoms with Crippen LogP contribution in [-0.2, 0) is 10.5 Å². The molecular formula is C12H17N5OS2. The van der Waals surface area contributed by atoms with Gasteiger partial charge in [0.1, 0.15) is 6.10 Å². The van der Waals surface area contributed by atoms with Gasteiger partial charge in [-0.2, -0.15) is 0 Å². The molecule has 3 rings (SSSR count). The minimum atomic E-state index is -0.0166. The number of nitrogen functional groups attached to an aromatic ring is 1. The van der Waals surface area contributed by atoms with Crippen molar-refractivity contribution < 1.29 is 4.74 Å². The Morgan fingerprint density at radius 2 is 2.40 bits per heavy atom. The molecule has 0 saturated carbocycles. The molecule has 2 N–H and O–H groups in total. The molecule has 0 aliphatic carbocycles. The van der Waals surface area contributed by atoms with Crippen molar-refractivity contribution in [1.29, 1.82) is 0 Å². The third-order valence-electron chi connectivity index (χ3n) is 3.17. The van der Waals surface area contributed by atoms with E-state index in [9.17, 15) is 0 Å². The van der Waals surface area contributed by atoms with E-state index in [0.717, 1.165) is 48.1 Å². The van der Waals surface area contributed by atoms with Gasteiger partial charge in [-0.25, -0.2) is 9.66 Å². The number of ether oxygens (including phenoxy) is 1. The second-order valence-corrected chi connectivity index (χ2v) is 6.72. The van der Waals surface area contributed by atoms with Crippen molar-refractivity contribution in [3.8, 4) is 0 Å². The number of aromatic nitrogens is 4. The summed E-state index contributed by atoms with van der Waals surface area (Å²) in [5, 5.41) is 12.2. The first-order valence-electron chi connectivity index (χ1n) is 6.60. The molecule has 0 aromatic carbocycles. The summed E-state index contributed by atoms with van der Waals surface area (Å²) >= 11 is 3.20. The van der Waals surface area contributed by atoms with Crippen molar-refractivity contribution in [1.82, 2.24) is 19.9 Å². The molecule has 0 unspecified atom stereocenters. The molecule has 8 heteroatoms. The third-order valence-corrected chi connectivity index (χ3v) is 4.97. The first kappa shape index (κ1) is 13.8. The Balaban J connectivity index is 1.66. The van der Waals surface area contributed by atoms with Gasteiger partial charge >= 0.3 is 0 Å². The lowest BCUT2D eigenvalue weighted by Crippen LogP contribution is -2.21. The minimum absolute atomic E-state index is 0.0166. The van der Waals surface area contributed by atoms with Gasteiger partial charge in [-0.3, -0.25) is 0 Å². The van der Waals surface area contributed by atoms with E-state index in [1.807, 2.05) is 6.92 Å². The van der Waals surface area contributed by atoms with Gasteiger partial charge in [0.05, 0.1) is 10.7 Å². The van der Waals surface area contributed by atoms with Gasteiger partial charge in [0.2, 0.25) is 5.16 Å². The zero-order valence-electron chi connectivity index (χ0n) is 11.3. The molecule has 0 spiro atoms. The number of thiazole rings is 1. The van der Waals surface area contributed by atoms with E-state index in [2.05, 4.69) is 20.6 Å². The molecule has 1 atom stereocenters. The Morgan fingerprint density at radius 1 is 1.50 bits per heavy atom. The van der Waals surface area contributed by atoms with Crippen LogP contribution in [0, 0.1) is 6.92 Å². The average molecular weight is 311 g/mol. The van der Waals surface area contributed by atoms with Gasteiger partial charge in [0, 0.05) is 17.7 Å². The van der Waals surface area contributed by atoms with E-state index in [4.69, 9.17) is 10.6 Å². The quantitative estimate of drug-likeness (QED) is 0.689. The molecule has 1 aliphatic rings. The average Bonchev–Trinajstić information content (AvgIpc) is 3.04. The van der Waals surface area contributed by atoms with E-state index >= 15 is 0 Å². The molecule has 2 aromatic heterocycles. The molecule has 1 aliphatic heterocycles. The molecule has 6 nitrogen and oxygen atoms in total. The van der Waals surface area contributed by atoms with Crippen LogP contribution >= 0.6 is 23.1 Å². The molecule has 1 fully saturated rings. The Hall–Kier alpha value is -1.12. The van der Waals surface area contributed by atoms with E-state index in [1.54, 1.807) is 27.8 Å². The van der Waals surface area contributed by atoms with Crippen molar-refractivity contribution in [2.45, 2.75) is 43.2 Å². The number of hydrogen-bond acceptors (Lipinski definition) is 7. The fourth-order valence-corrected chi connectivity index (χ4v) is 3.64. The van der Waals surface area contributed by atoms with Gasteiger partial charge in [-0.15, -0.1) is 21.5 Å². The molecule has 20 heavy (non-hydrogen) atoms. The monoisotopic (exact) mass is 311 g/mol. The number of rotatable bonds is 4. The normalized spacial score (nSPS) is 19.4. The van der Waals surface area contributed by atoms with Crippen LogP contribution in [0.25, 0.3) is 0 Å². The molecular weight excluding hydrogens is 294 g/mol.